The van der Waals surface area contributed by atoms with Crippen LogP contribution in [0.1, 0.15) is 17.5 Å². The van der Waals surface area contributed by atoms with Gasteiger partial charge >= 0.3 is 0 Å². The van der Waals surface area contributed by atoms with E-state index in [1.165, 1.54) is 15.6 Å². The van der Waals surface area contributed by atoms with E-state index in [-0.39, 0.29) is 0 Å². The highest BCUT2D eigenvalue weighted by molar-refractivity contribution is 9.12. The average molecular weight is 304 g/mol. The number of aryl methyl sites for hydroxylation is 1. The van der Waals surface area contributed by atoms with Crippen LogP contribution in [0.5, 0.6) is 0 Å². The molecule has 0 bridgehead atoms. The monoisotopic (exact) mass is 302 g/mol. The molecule has 0 nitrogen and oxygen atoms in total. The van der Waals surface area contributed by atoms with Crippen LogP contribution in [0.4, 0.5) is 0 Å². The van der Waals surface area contributed by atoms with E-state index >= 15 is 0 Å². The zero-order valence-electron chi connectivity index (χ0n) is 7.56. The molecule has 0 saturated carbocycles. The lowest BCUT2D eigenvalue weighted by atomic mass is 10.1. The van der Waals surface area contributed by atoms with Crippen molar-refractivity contribution in [1.82, 2.24) is 0 Å². The molecule has 0 aliphatic carbocycles. The highest BCUT2D eigenvalue weighted by Gasteiger charge is 1.92. The Bertz CT molecular complexity index is 285. The Hall–Kier alpha value is -0.0800. The van der Waals surface area contributed by atoms with Gasteiger partial charge in [0.2, 0.25) is 0 Å². The molecule has 0 unspecified atom stereocenters. The molecule has 1 aromatic rings. The van der Waals surface area contributed by atoms with Crippen molar-refractivity contribution in [3.8, 4) is 0 Å². The van der Waals surface area contributed by atoms with Gasteiger partial charge in [0.1, 0.15) is 0 Å². The van der Waals surface area contributed by atoms with Gasteiger partial charge < -0.3 is 0 Å². The maximum absolute atomic E-state index is 3.52. The summed E-state index contributed by atoms with van der Waals surface area (Å²) < 4.78 is 1.23. The maximum atomic E-state index is 3.52. The minimum absolute atomic E-state index is 0.996. The fourth-order valence-corrected chi connectivity index (χ4v) is 2.43. The van der Waals surface area contributed by atoms with Crippen molar-refractivity contribution in [2.75, 3.05) is 5.33 Å². The lowest BCUT2D eigenvalue weighted by molar-refractivity contribution is 1.25. The van der Waals surface area contributed by atoms with Gasteiger partial charge in [-0.15, -0.1) is 0 Å². The largest absolute Gasteiger partial charge is 0.0924 e. The Morgan fingerprint density at radius 3 is 2.46 bits per heavy atom. The molecule has 70 valence electrons. The van der Waals surface area contributed by atoms with E-state index in [1.807, 2.05) is 0 Å². The molecule has 0 aliphatic heterocycles. The SMILES string of the molecule is Cc1ccc(/C=C(/Br)CCBr)cc1. The summed E-state index contributed by atoms with van der Waals surface area (Å²) in [7, 11) is 0. The van der Waals surface area contributed by atoms with E-state index < -0.39 is 0 Å². The Labute approximate surface area is 96.3 Å². The third-order valence-electron chi connectivity index (χ3n) is 1.73. The summed E-state index contributed by atoms with van der Waals surface area (Å²) in [6, 6.07) is 8.51. The molecule has 0 spiro atoms. The third kappa shape index (κ3) is 4.10. The van der Waals surface area contributed by atoms with Crippen LogP contribution in [0, 0.1) is 6.92 Å². The number of alkyl halides is 1. The summed E-state index contributed by atoms with van der Waals surface area (Å²) in [5, 5.41) is 0.996. The van der Waals surface area contributed by atoms with Crippen molar-refractivity contribution < 1.29 is 0 Å². The molecular formula is C11H12Br2. The van der Waals surface area contributed by atoms with Crippen LogP contribution < -0.4 is 0 Å². The fourth-order valence-electron chi connectivity index (χ4n) is 1.01. The van der Waals surface area contributed by atoms with E-state index in [0.29, 0.717) is 0 Å². The molecule has 1 aromatic carbocycles. The van der Waals surface area contributed by atoms with E-state index in [9.17, 15) is 0 Å². The van der Waals surface area contributed by atoms with Crippen LogP contribution in [-0.2, 0) is 0 Å². The molecule has 0 saturated heterocycles. The van der Waals surface area contributed by atoms with Crippen LogP contribution in [-0.4, -0.2) is 5.33 Å². The molecule has 0 radical (unpaired) electrons. The highest BCUT2D eigenvalue weighted by atomic mass is 79.9. The van der Waals surface area contributed by atoms with Crippen LogP contribution in [0.3, 0.4) is 0 Å². The van der Waals surface area contributed by atoms with Gasteiger partial charge in [0.05, 0.1) is 0 Å². The second-order valence-corrected chi connectivity index (χ2v) is 4.75. The normalized spacial score (nSPS) is 11.8. The van der Waals surface area contributed by atoms with Crippen LogP contribution in [0.25, 0.3) is 6.08 Å². The first kappa shape index (κ1) is 11.0. The molecule has 1 rings (SSSR count). The second kappa shape index (κ2) is 5.61. The quantitative estimate of drug-likeness (QED) is 0.720. The Morgan fingerprint density at radius 2 is 1.92 bits per heavy atom. The first-order valence-corrected chi connectivity index (χ1v) is 6.12. The summed E-state index contributed by atoms with van der Waals surface area (Å²) in [5.41, 5.74) is 2.55. The van der Waals surface area contributed by atoms with E-state index in [4.69, 9.17) is 0 Å². The third-order valence-corrected chi connectivity index (χ3v) is 2.76. The van der Waals surface area contributed by atoms with Crippen molar-refractivity contribution in [2.45, 2.75) is 13.3 Å². The van der Waals surface area contributed by atoms with Gasteiger partial charge in [0.25, 0.3) is 0 Å². The molecule has 0 amide bonds. The van der Waals surface area contributed by atoms with E-state index in [0.717, 1.165) is 11.8 Å². The maximum Gasteiger partial charge on any atom is 0.00769 e. The smallest absolute Gasteiger partial charge is 0.00769 e. The van der Waals surface area contributed by atoms with Crippen molar-refractivity contribution >= 4 is 37.9 Å². The predicted molar refractivity (Wildman–Crippen MR) is 66.5 cm³/mol. The first-order chi connectivity index (χ1) is 6.22. The lowest BCUT2D eigenvalue weighted by Crippen LogP contribution is -1.77. The lowest BCUT2D eigenvalue weighted by Gasteiger charge is -1.97. The van der Waals surface area contributed by atoms with Crippen molar-refractivity contribution in [3.63, 3.8) is 0 Å². The molecular weight excluding hydrogens is 292 g/mol. The summed E-state index contributed by atoms with van der Waals surface area (Å²) in [6.07, 6.45) is 3.19. The Kier molecular flexibility index (Phi) is 4.74. The number of allylic oxidation sites excluding steroid dienone is 1. The van der Waals surface area contributed by atoms with E-state index in [2.05, 4.69) is 69.1 Å². The van der Waals surface area contributed by atoms with Gasteiger partial charge in [-0.3, -0.25) is 0 Å². The average Bonchev–Trinajstić information content (AvgIpc) is 2.09. The first-order valence-electron chi connectivity index (χ1n) is 4.21. The summed E-state index contributed by atoms with van der Waals surface area (Å²) >= 11 is 6.93. The fraction of sp³-hybridized carbons (Fsp3) is 0.273. The molecule has 0 fully saturated rings. The van der Waals surface area contributed by atoms with Crippen LogP contribution in [0.15, 0.2) is 28.7 Å². The molecule has 13 heavy (non-hydrogen) atoms. The van der Waals surface area contributed by atoms with Gasteiger partial charge in [0.15, 0.2) is 0 Å². The minimum atomic E-state index is 0.996. The number of benzene rings is 1. The molecule has 0 N–H and O–H groups in total. The van der Waals surface area contributed by atoms with Crippen LogP contribution in [0.2, 0.25) is 0 Å². The summed E-state index contributed by atoms with van der Waals surface area (Å²) in [6.45, 7) is 2.10. The standard InChI is InChI=1S/C11H12Br2/c1-9-2-4-10(5-3-9)8-11(13)6-7-12/h2-5,8H,6-7H2,1H3/b11-8+. The summed E-state index contributed by atoms with van der Waals surface area (Å²) in [5.74, 6) is 0. The number of rotatable bonds is 3. The van der Waals surface area contributed by atoms with Gasteiger partial charge in [-0.05, 0) is 29.5 Å². The van der Waals surface area contributed by atoms with Gasteiger partial charge in [-0.25, -0.2) is 0 Å². The Balaban J connectivity index is 2.73. The zero-order valence-corrected chi connectivity index (χ0v) is 10.7. The number of hydrogen-bond donors (Lipinski definition) is 0. The highest BCUT2D eigenvalue weighted by Crippen LogP contribution is 2.16. The molecule has 0 aromatic heterocycles. The second-order valence-electron chi connectivity index (χ2n) is 2.94. The van der Waals surface area contributed by atoms with Crippen molar-refractivity contribution in [2.24, 2.45) is 0 Å². The van der Waals surface area contributed by atoms with Gasteiger partial charge in [-0.1, -0.05) is 61.7 Å². The van der Waals surface area contributed by atoms with Crippen molar-refractivity contribution in [3.05, 3.63) is 39.9 Å². The number of halogens is 2. The molecule has 0 heterocycles. The molecule has 0 aliphatic rings. The van der Waals surface area contributed by atoms with Crippen LogP contribution >= 0.6 is 31.9 Å². The molecule has 0 atom stereocenters. The van der Waals surface area contributed by atoms with Gasteiger partial charge in [0, 0.05) is 5.33 Å². The number of hydrogen-bond acceptors (Lipinski definition) is 0. The molecule has 2 heteroatoms. The predicted octanol–water partition coefficient (Wildman–Crippen LogP) is 4.52. The minimum Gasteiger partial charge on any atom is -0.0924 e. The Morgan fingerprint density at radius 1 is 1.31 bits per heavy atom. The van der Waals surface area contributed by atoms with Crippen molar-refractivity contribution in [1.29, 1.82) is 0 Å². The zero-order chi connectivity index (χ0) is 9.68. The summed E-state index contributed by atoms with van der Waals surface area (Å²) in [4.78, 5) is 0. The van der Waals surface area contributed by atoms with E-state index in [1.54, 1.807) is 0 Å². The topological polar surface area (TPSA) is 0 Å². The van der Waals surface area contributed by atoms with Gasteiger partial charge in [-0.2, -0.15) is 0 Å².